The number of aromatic nitrogens is 2. The minimum Gasteiger partial charge on any atom is -0.372 e. The summed E-state index contributed by atoms with van der Waals surface area (Å²) in [6.07, 6.45) is 0. The number of rotatable bonds is 4. The van der Waals surface area contributed by atoms with Crippen molar-refractivity contribution in [3.63, 3.8) is 0 Å². The first-order chi connectivity index (χ1) is 9.76. The molecule has 0 bridgehead atoms. The highest BCUT2D eigenvalue weighted by Gasteiger charge is 2.09. The maximum absolute atomic E-state index is 4.67. The van der Waals surface area contributed by atoms with Crippen molar-refractivity contribution in [1.82, 2.24) is 9.97 Å². The van der Waals surface area contributed by atoms with Gasteiger partial charge in [-0.05, 0) is 25.1 Å². The van der Waals surface area contributed by atoms with Crippen LogP contribution in [0.5, 0.6) is 0 Å². The second-order valence-corrected chi connectivity index (χ2v) is 6.70. The normalized spacial score (nSPS) is 10.9. The van der Waals surface area contributed by atoms with Crippen LogP contribution in [-0.2, 0) is 5.75 Å². The van der Waals surface area contributed by atoms with E-state index in [0.717, 1.165) is 27.6 Å². The van der Waals surface area contributed by atoms with Crippen molar-refractivity contribution in [3.8, 4) is 0 Å². The highest BCUT2D eigenvalue weighted by atomic mass is 32.2. The third-order valence-electron chi connectivity index (χ3n) is 2.91. The minimum absolute atomic E-state index is 0.783. The van der Waals surface area contributed by atoms with Gasteiger partial charge in [-0.15, -0.1) is 23.1 Å². The molecule has 0 fully saturated rings. The lowest BCUT2D eigenvalue weighted by atomic mass is 10.3. The molecule has 0 saturated heterocycles. The largest absolute Gasteiger partial charge is 0.372 e. The Morgan fingerprint density at radius 3 is 2.75 bits per heavy atom. The zero-order chi connectivity index (χ0) is 13.9. The fourth-order valence-corrected chi connectivity index (χ4v) is 3.68. The van der Waals surface area contributed by atoms with Crippen LogP contribution in [0.4, 0.5) is 5.82 Å². The molecular weight excluding hydrogens is 286 g/mol. The quantitative estimate of drug-likeness (QED) is 0.728. The lowest BCUT2D eigenvalue weighted by Gasteiger charge is -2.05. The van der Waals surface area contributed by atoms with Gasteiger partial charge in [-0.3, -0.25) is 0 Å². The van der Waals surface area contributed by atoms with E-state index in [1.807, 2.05) is 25.2 Å². The Morgan fingerprint density at radius 1 is 1.20 bits per heavy atom. The summed E-state index contributed by atoms with van der Waals surface area (Å²) in [7, 11) is 1.91. The summed E-state index contributed by atoms with van der Waals surface area (Å²) in [4.78, 5) is 12.8. The SMILES string of the molecule is CNc1nc(CSc2ccccc2)nc2sc(C)cc12. The van der Waals surface area contributed by atoms with Crippen LogP contribution in [0, 0.1) is 6.92 Å². The van der Waals surface area contributed by atoms with Crippen LogP contribution in [-0.4, -0.2) is 17.0 Å². The van der Waals surface area contributed by atoms with Gasteiger partial charge in [-0.2, -0.15) is 0 Å². The fourth-order valence-electron chi connectivity index (χ4n) is 2.01. The Kier molecular flexibility index (Phi) is 3.89. The van der Waals surface area contributed by atoms with Crippen molar-refractivity contribution in [3.05, 3.63) is 47.1 Å². The molecule has 0 atom stereocenters. The molecule has 102 valence electrons. The molecule has 0 unspecified atom stereocenters. The van der Waals surface area contributed by atoms with E-state index in [9.17, 15) is 0 Å². The van der Waals surface area contributed by atoms with Crippen molar-refractivity contribution in [2.24, 2.45) is 0 Å². The first kappa shape index (κ1) is 13.4. The Morgan fingerprint density at radius 2 is 2.00 bits per heavy atom. The second kappa shape index (κ2) is 5.81. The minimum atomic E-state index is 0.783. The van der Waals surface area contributed by atoms with Gasteiger partial charge in [0.05, 0.1) is 11.1 Å². The van der Waals surface area contributed by atoms with Crippen LogP contribution < -0.4 is 5.32 Å². The summed E-state index contributed by atoms with van der Waals surface area (Å²) in [6, 6.07) is 12.5. The summed E-state index contributed by atoms with van der Waals surface area (Å²) >= 11 is 3.48. The van der Waals surface area contributed by atoms with E-state index in [-0.39, 0.29) is 0 Å². The van der Waals surface area contributed by atoms with E-state index in [4.69, 9.17) is 0 Å². The van der Waals surface area contributed by atoms with Gasteiger partial charge in [-0.25, -0.2) is 9.97 Å². The van der Waals surface area contributed by atoms with E-state index in [1.54, 1.807) is 23.1 Å². The molecule has 2 heterocycles. The van der Waals surface area contributed by atoms with E-state index in [0.29, 0.717) is 0 Å². The zero-order valence-electron chi connectivity index (χ0n) is 11.4. The summed E-state index contributed by atoms with van der Waals surface area (Å²) in [5, 5.41) is 4.28. The van der Waals surface area contributed by atoms with Crippen LogP contribution in [0.2, 0.25) is 0 Å². The Bertz CT molecular complexity index is 723. The smallest absolute Gasteiger partial charge is 0.142 e. The number of thiophene rings is 1. The number of hydrogen-bond acceptors (Lipinski definition) is 5. The molecular formula is C15H15N3S2. The monoisotopic (exact) mass is 301 g/mol. The molecule has 3 nitrogen and oxygen atoms in total. The number of anilines is 1. The molecule has 0 saturated carbocycles. The topological polar surface area (TPSA) is 37.8 Å². The van der Waals surface area contributed by atoms with Crippen molar-refractivity contribution in [2.45, 2.75) is 17.6 Å². The number of hydrogen-bond donors (Lipinski definition) is 1. The van der Waals surface area contributed by atoms with Crippen molar-refractivity contribution in [1.29, 1.82) is 0 Å². The zero-order valence-corrected chi connectivity index (χ0v) is 13.0. The highest BCUT2D eigenvalue weighted by Crippen LogP contribution is 2.29. The van der Waals surface area contributed by atoms with Crippen molar-refractivity contribution in [2.75, 3.05) is 12.4 Å². The lowest BCUT2D eigenvalue weighted by molar-refractivity contribution is 1.07. The number of aryl methyl sites for hydroxylation is 1. The summed E-state index contributed by atoms with van der Waals surface area (Å²) < 4.78 is 0. The van der Waals surface area contributed by atoms with Gasteiger partial charge in [0.25, 0.3) is 0 Å². The first-order valence-electron chi connectivity index (χ1n) is 6.39. The van der Waals surface area contributed by atoms with Crippen LogP contribution in [0.15, 0.2) is 41.3 Å². The van der Waals surface area contributed by atoms with E-state index in [2.05, 4.69) is 40.4 Å². The maximum Gasteiger partial charge on any atom is 0.142 e. The van der Waals surface area contributed by atoms with Gasteiger partial charge < -0.3 is 5.32 Å². The number of nitrogens with one attached hydrogen (secondary N) is 1. The second-order valence-electron chi connectivity index (χ2n) is 4.42. The van der Waals surface area contributed by atoms with Gasteiger partial charge in [0.2, 0.25) is 0 Å². The standard InChI is InChI=1S/C15H15N3S2/c1-10-8-12-14(16-2)17-13(18-15(12)20-10)9-19-11-6-4-3-5-7-11/h3-8H,9H2,1-2H3,(H,16,17,18). The molecule has 3 aromatic rings. The summed E-state index contributed by atoms with van der Waals surface area (Å²) in [5.41, 5.74) is 0. The molecule has 2 aromatic heterocycles. The Balaban J connectivity index is 1.88. The molecule has 0 aliphatic rings. The van der Waals surface area contributed by atoms with Gasteiger partial charge >= 0.3 is 0 Å². The first-order valence-corrected chi connectivity index (χ1v) is 8.19. The predicted molar refractivity (Wildman–Crippen MR) is 87.7 cm³/mol. The van der Waals surface area contributed by atoms with Crippen molar-refractivity contribution < 1.29 is 0 Å². The molecule has 0 amide bonds. The van der Waals surface area contributed by atoms with E-state index < -0.39 is 0 Å². The molecule has 5 heteroatoms. The highest BCUT2D eigenvalue weighted by molar-refractivity contribution is 7.98. The number of thioether (sulfide) groups is 1. The van der Waals surface area contributed by atoms with Crippen molar-refractivity contribution >= 4 is 39.1 Å². The summed E-state index contributed by atoms with van der Waals surface area (Å²) in [6.45, 7) is 2.10. The van der Waals surface area contributed by atoms with Crippen LogP contribution >= 0.6 is 23.1 Å². The lowest BCUT2D eigenvalue weighted by Crippen LogP contribution is -1.99. The number of fused-ring (bicyclic) bond motifs is 1. The summed E-state index contributed by atoms with van der Waals surface area (Å²) in [5.74, 6) is 2.58. The molecule has 0 aliphatic heterocycles. The molecule has 20 heavy (non-hydrogen) atoms. The molecule has 0 radical (unpaired) electrons. The molecule has 1 N–H and O–H groups in total. The third kappa shape index (κ3) is 2.78. The Labute approximate surface area is 126 Å². The Hall–Kier alpha value is -1.59. The van der Waals surface area contributed by atoms with Crippen LogP contribution in [0.3, 0.4) is 0 Å². The fraction of sp³-hybridized carbons (Fsp3) is 0.200. The molecule has 1 aromatic carbocycles. The average molecular weight is 301 g/mol. The number of benzene rings is 1. The average Bonchev–Trinajstić information content (AvgIpc) is 2.85. The molecule has 0 aliphatic carbocycles. The van der Waals surface area contributed by atoms with Gasteiger partial charge in [-0.1, -0.05) is 18.2 Å². The third-order valence-corrected chi connectivity index (χ3v) is 4.86. The maximum atomic E-state index is 4.67. The van der Waals surface area contributed by atoms with Gasteiger partial charge in [0.15, 0.2) is 0 Å². The van der Waals surface area contributed by atoms with Crippen LogP contribution in [0.1, 0.15) is 10.7 Å². The number of nitrogens with zero attached hydrogens (tertiary/aromatic N) is 2. The van der Waals surface area contributed by atoms with Crippen LogP contribution in [0.25, 0.3) is 10.2 Å². The predicted octanol–water partition coefficient (Wildman–Crippen LogP) is 4.33. The van der Waals surface area contributed by atoms with Gasteiger partial charge in [0.1, 0.15) is 16.5 Å². The van der Waals surface area contributed by atoms with E-state index in [1.165, 1.54) is 9.77 Å². The van der Waals surface area contributed by atoms with Gasteiger partial charge in [0, 0.05) is 16.8 Å². The molecule has 3 rings (SSSR count). The van der Waals surface area contributed by atoms with E-state index >= 15 is 0 Å². The molecule has 0 spiro atoms.